The second-order valence-electron chi connectivity index (χ2n) is 3.58. The highest BCUT2D eigenvalue weighted by atomic mass is 79.9. The number of rotatable bonds is 1. The molecule has 1 aliphatic rings. The first-order valence-corrected chi connectivity index (χ1v) is 6.02. The van der Waals surface area contributed by atoms with Crippen molar-refractivity contribution in [2.45, 2.75) is 11.9 Å². The summed E-state index contributed by atoms with van der Waals surface area (Å²) >= 11 is 3.31. The van der Waals surface area contributed by atoms with Crippen LogP contribution in [0.2, 0.25) is 0 Å². The van der Waals surface area contributed by atoms with E-state index in [1.54, 1.807) is 24.7 Å². The maximum Gasteiger partial charge on any atom is 0.258 e. The van der Waals surface area contributed by atoms with E-state index in [-0.39, 0.29) is 10.9 Å². The molecular formula is C11H11BrN4O. The van der Waals surface area contributed by atoms with Gasteiger partial charge < -0.3 is 5.32 Å². The van der Waals surface area contributed by atoms with E-state index in [0.29, 0.717) is 17.9 Å². The van der Waals surface area contributed by atoms with E-state index >= 15 is 0 Å². The monoisotopic (exact) mass is 294 g/mol. The van der Waals surface area contributed by atoms with E-state index in [1.807, 2.05) is 6.92 Å². The Labute approximate surface area is 107 Å². The molecule has 0 bridgehead atoms. The zero-order valence-electron chi connectivity index (χ0n) is 9.22. The molecule has 0 aromatic carbocycles. The van der Waals surface area contributed by atoms with Crippen LogP contribution in [0.4, 0.5) is 0 Å². The Balaban J connectivity index is 2.08. The lowest BCUT2D eigenvalue weighted by Gasteiger charge is -2.11. The van der Waals surface area contributed by atoms with Gasteiger partial charge in [0.25, 0.3) is 5.91 Å². The highest BCUT2D eigenvalue weighted by Crippen LogP contribution is 2.06. The minimum atomic E-state index is -0.214. The van der Waals surface area contributed by atoms with E-state index in [1.165, 1.54) is 0 Å². The SMILES string of the molecule is Cc1ccncc1C(=O)NC1=NCC(Br)N=C1. The topological polar surface area (TPSA) is 66.7 Å². The number of hydrogen-bond acceptors (Lipinski definition) is 4. The lowest BCUT2D eigenvalue weighted by molar-refractivity contribution is 0.0976. The molecule has 1 aromatic heterocycles. The molecule has 1 N–H and O–H groups in total. The Morgan fingerprint density at radius 1 is 1.59 bits per heavy atom. The van der Waals surface area contributed by atoms with E-state index in [0.717, 1.165) is 5.56 Å². The molecule has 2 heterocycles. The van der Waals surface area contributed by atoms with E-state index in [2.05, 4.69) is 36.2 Å². The van der Waals surface area contributed by atoms with Crippen LogP contribution in [0.5, 0.6) is 0 Å². The van der Waals surface area contributed by atoms with Crippen molar-refractivity contribution in [3.8, 4) is 0 Å². The van der Waals surface area contributed by atoms with Crippen LogP contribution in [0, 0.1) is 6.92 Å². The predicted octanol–water partition coefficient (Wildman–Crippen LogP) is 1.32. The lowest BCUT2D eigenvalue weighted by Crippen LogP contribution is -2.34. The maximum atomic E-state index is 11.9. The molecule has 0 aliphatic carbocycles. The molecule has 0 saturated heterocycles. The van der Waals surface area contributed by atoms with Crippen molar-refractivity contribution in [1.82, 2.24) is 10.3 Å². The number of pyridine rings is 1. The van der Waals surface area contributed by atoms with Gasteiger partial charge in [0.2, 0.25) is 0 Å². The third kappa shape index (κ3) is 2.97. The number of alkyl halides is 1. The standard InChI is InChI=1S/C11H11BrN4O/c1-7-2-3-13-4-8(7)11(17)16-10-6-14-9(12)5-15-10/h2-4,6,9H,5H2,1H3,(H,15,16,17). The zero-order valence-corrected chi connectivity index (χ0v) is 10.8. The summed E-state index contributed by atoms with van der Waals surface area (Å²) in [4.78, 5) is 24.1. The Morgan fingerprint density at radius 2 is 2.41 bits per heavy atom. The number of aliphatic imine (C=N–C) groups is 2. The van der Waals surface area contributed by atoms with Gasteiger partial charge in [-0.2, -0.15) is 0 Å². The molecule has 88 valence electrons. The zero-order chi connectivity index (χ0) is 12.3. The van der Waals surface area contributed by atoms with Crippen molar-refractivity contribution in [2.24, 2.45) is 9.98 Å². The number of aryl methyl sites for hydroxylation is 1. The molecule has 0 spiro atoms. The van der Waals surface area contributed by atoms with Crippen LogP contribution in [-0.2, 0) is 0 Å². The Bertz CT molecular complexity index is 498. The number of amides is 1. The molecular weight excluding hydrogens is 284 g/mol. The number of amidine groups is 1. The first-order chi connectivity index (χ1) is 8.16. The molecule has 2 rings (SSSR count). The number of aromatic nitrogens is 1. The molecule has 0 fully saturated rings. The van der Waals surface area contributed by atoms with Gasteiger partial charge in [0, 0.05) is 12.4 Å². The Morgan fingerprint density at radius 3 is 3.06 bits per heavy atom. The van der Waals surface area contributed by atoms with Gasteiger partial charge in [-0.15, -0.1) is 0 Å². The number of hydrogen-bond donors (Lipinski definition) is 1. The van der Waals surface area contributed by atoms with Crippen LogP contribution in [0.15, 0.2) is 28.4 Å². The highest BCUT2D eigenvalue weighted by Gasteiger charge is 2.13. The van der Waals surface area contributed by atoms with Gasteiger partial charge in [-0.1, -0.05) is 15.9 Å². The van der Waals surface area contributed by atoms with Crippen molar-refractivity contribution in [2.75, 3.05) is 6.54 Å². The summed E-state index contributed by atoms with van der Waals surface area (Å²) in [5.41, 5.74) is 1.42. The highest BCUT2D eigenvalue weighted by molar-refractivity contribution is 9.09. The molecule has 1 unspecified atom stereocenters. The van der Waals surface area contributed by atoms with E-state index in [4.69, 9.17) is 0 Å². The average molecular weight is 295 g/mol. The van der Waals surface area contributed by atoms with Gasteiger partial charge >= 0.3 is 0 Å². The molecule has 17 heavy (non-hydrogen) atoms. The van der Waals surface area contributed by atoms with Crippen molar-refractivity contribution in [1.29, 1.82) is 0 Å². The van der Waals surface area contributed by atoms with Crippen LogP contribution in [0.1, 0.15) is 15.9 Å². The van der Waals surface area contributed by atoms with Gasteiger partial charge in [0.1, 0.15) is 10.8 Å². The summed E-state index contributed by atoms with van der Waals surface area (Å²) in [6, 6.07) is 1.79. The molecule has 1 aliphatic heterocycles. The first-order valence-electron chi connectivity index (χ1n) is 5.10. The van der Waals surface area contributed by atoms with Crippen molar-refractivity contribution < 1.29 is 4.79 Å². The predicted molar refractivity (Wildman–Crippen MR) is 69.9 cm³/mol. The lowest BCUT2D eigenvalue weighted by atomic mass is 10.1. The molecule has 1 atom stereocenters. The largest absolute Gasteiger partial charge is 0.306 e. The van der Waals surface area contributed by atoms with E-state index < -0.39 is 0 Å². The minimum absolute atomic E-state index is 0.00304. The summed E-state index contributed by atoms with van der Waals surface area (Å²) in [6.45, 7) is 2.39. The summed E-state index contributed by atoms with van der Waals surface area (Å²) < 4.78 is 0. The number of halogens is 1. The quantitative estimate of drug-likeness (QED) is 0.627. The van der Waals surface area contributed by atoms with Crippen molar-refractivity contribution in [3.63, 3.8) is 0 Å². The first kappa shape index (κ1) is 11.9. The molecule has 1 amide bonds. The summed E-state index contributed by atoms with van der Waals surface area (Å²) in [6.07, 6.45) is 4.74. The average Bonchev–Trinajstić information content (AvgIpc) is 2.32. The number of nitrogens with zero attached hydrogens (tertiary/aromatic N) is 3. The summed E-state index contributed by atoms with van der Waals surface area (Å²) in [5, 5.41) is 2.70. The van der Waals surface area contributed by atoms with Crippen LogP contribution < -0.4 is 5.32 Å². The van der Waals surface area contributed by atoms with Gasteiger partial charge in [0.15, 0.2) is 0 Å². The number of nitrogens with one attached hydrogen (secondary N) is 1. The summed E-state index contributed by atoms with van der Waals surface area (Å²) in [7, 11) is 0. The Hall–Kier alpha value is -1.56. The third-order valence-electron chi connectivity index (χ3n) is 2.30. The number of carbonyl (C=O) groups excluding carboxylic acids is 1. The minimum Gasteiger partial charge on any atom is -0.306 e. The smallest absolute Gasteiger partial charge is 0.258 e. The van der Waals surface area contributed by atoms with Crippen LogP contribution in [0.3, 0.4) is 0 Å². The van der Waals surface area contributed by atoms with Gasteiger partial charge in [0.05, 0.1) is 18.3 Å². The molecule has 0 saturated carbocycles. The van der Waals surface area contributed by atoms with Crippen molar-refractivity contribution in [3.05, 3.63) is 29.6 Å². The maximum absolute atomic E-state index is 11.9. The fourth-order valence-corrected chi connectivity index (χ4v) is 1.63. The van der Waals surface area contributed by atoms with Gasteiger partial charge in [-0.05, 0) is 18.6 Å². The Kier molecular flexibility index (Phi) is 3.63. The van der Waals surface area contributed by atoms with E-state index in [9.17, 15) is 4.79 Å². The fourth-order valence-electron chi connectivity index (χ4n) is 1.37. The fraction of sp³-hybridized carbons (Fsp3) is 0.273. The normalized spacial score (nSPS) is 18.7. The third-order valence-corrected chi connectivity index (χ3v) is 2.82. The summed E-state index contributed by atoms with van der Waals surface area (Å²) in [5.74, 6) is 0.266. The van der Waals surface area contributed by atoms with Gasteiger partial charge in [-0.25, -0.2) is 0 Å². The molecule has 6 heteroatoms. The van der Waals surface area contributed by atoms with Gasteiger partial charge in [-0.3, -0.25) is 19.8 Å². The van der Waals surface area contributed by atoms with Crippen LogP contribution in [-0.4, -0.2) is 34.4 Å². The molecule has 0 radical (unpaired) electrons. The molecule has 1 aromatic rings. The second kappa shape index (κ2) is 5.18. The second-order valence-corrected chi connectivity index (χ2v) is 4.64. The van der Waals surface area contributed by atoms with Crippen LogP contribution >= 0.6 is 15.9 Å². The van der Waals surface area contributed by atoms with Crippen molar-refractivity contribution >= 4 is 33.9 Å². The molecule has 5 nitrogen and oxygen atoms in total. The number of carbonyl (C=O) groups is 1. The van der Waals surface area contributed by atoms with Crippen LogP contribution in [0.25, 0.3) is 0 Å².